The molecular formula is C16H26ClN3O3S. The maximum atomic E-state index is 12.4. The van der Waals surface area contributed by atoms with Crippen molar-refractivity contribution in [3.05, 3.63) is 29.8 Å². The lowest BCUT2D eigenvalue weighted by molar-refractivity contribution is -0.135. The summed E-state index contributed by atoms with van der Waals surface area (Å²) in [6.45, 7) is 2.35. The van der Waals surface area contributed by atoms with E-state index in [9.17, 15) is 13.2 Å². The van der Waals surface area contributed by atoms with Crippen LogP contribution < -0.4 is 10.5 Å². The third-order valence-corrected chi connectivity index (χ3v) is 5.82. The lowest BCUT2D eigenvalue weighted by atomic mass is 9.97. The van der Waals surface area contributed by atoms with Gasteiger partial charge in [-0.25, -0.2) is 13.1 Å². The van der Waals surface area contributed by atoms with Crippen molar-refractivity contribution in [2.24, 2.45) is 5.73 Å². The van der Waals surface area contributed by atoms with E-state index in [-0.39, 0.29) is 29.8 Å². The van der Waals surface area contributed by atoms with E-state index in [2.05, 4.69) is 4.72 Å². The Balaban J connectivity index is 0.00000288. The molecule has 0 aromatic heterocycles. The molecule has 1 aliphatic carbocycles. The first-order chi connectivity index (χ1) is 10.7. The van der Waals surface area contributed by atoms with Crippen LogP contribution >= 0.6 is 12.4 Å². The molecule has 1 fully saturated rings. The summed E-state index contributed by atoms with van der Waals surface area (Å²) in [6, 6.07) is 6.64. The van der Waals surface area contributed by atoms with E-state index in [0.29, 0.717) is 19.4 Å². The van der Waals surface area contributed by atoms with Crippen LogP contribution in [0.25, 0.3) is 0 Å². The standard InChI is InChI=1S/C16H25N3O3S.ClH/c1-13-5-7-14(8-6-13)23(21,22)18-11-12-19(2)15(20)16(17)9-3-4-10-16;/h5-8,18H,3-4,9-12,17H2,1-2H3;1H. The highest BCUT2D eigenvalue weighted by Gasteiger charge is 2.38. The minimum Gasteiger partial charge on any atom is -0.343 e. The van der Waals surface area contributed by atoms with Gasteiger partial charge in [0.05, 0.1) is 10.4 Å². The Hall–Kier alpha value is -1.15. The second-order valence-electron chi connectivity index (χ2n) is 6.30. The summed E-state index contributed by atoms with van der Waals surface area (Å²) in [7, 11) is -1.89. The number of aryl methyl sites for hydroxylation is 1. The number of nitrogens with two attached hydrogens (primary N) is 1. The molecule has 24 heavy (non-hydrogen) atoms. The van der Waals surface area contributed by atoms with Crippen molar-refractivity contribution >= 4 is 28.3 Å². The second kappa shape index (κ2) is 8.29. The number of hydrogen-bond acceptors (Lipinski definition) is 4. The van der Waals surface area contributed by atoms with E-state index >= 15 is 0 Å². The number of amides is 1. The highest BCUT2D eigenvalue weighted by molar-refractivity contribution is 7.89. The smallest absolute Gasteiger partial charge is 0.242 e. The molecule has 1 amide bonds. The summed E-state index contributed by atoms with van der Waals surface area (Å²) in [4.78, 5) is 14.1. The zero-order valence-corrected chi connectivity index (χ0v) is 15.8. The Morgan fingerprint density at radius 3 is 2.33 bits per heavy atom. The molecule has 3 N–H and O–H groups in total. The van der Waals surface area contributed by atoms with Crippen LogP contribution in [0, 0.1) is 6.92 Å². The molecule has 0 bridgehead atoms. The lowest BCUT2D eigenvalue weighted by Crippen LogP contribution is -2.53. The molecule has 1 aliphatic rings. The van der Waals surface area contributed by atoms with Crippen molar-refractivity contribution in [1.82, 2.24) is 9.62 Å². The fraction of sp³-hybridized carbons (Fsp3) is 0.562. The summed E-state index contributed by atoms with van der Waals surface area (Å²) in [5, 5.41) is 0. The minimum absolute atomic E-state index is 0. The number of carbonyl (C=O) groups excluding carboxylic acids is 1. The van der Waals surface area contributed by atoms with Gasteiger partial charge >= 0.3 is 0 Å². The Morgan fingerprint density at radius 1 is 1.25 bits per heavy atom. The van der Waals surface area contributed by atoms with Crippen molar-refractivity contribution in [2.75, 3.05) is 20.1 Å². The Labute approximate surface area is 150 Å². The van der Waals surface area contributed by atoms with Gasteiger partial charge in [-0.1, -0.05) is 30.5 Å². The predicted octanol–water partition coefficient (Wildman–Crippen LogP) is 1.43. The van der Waals surface area contributed by atoms with Crippen LogP contribution in [0.2, 0.25) is 0 Å². The molecule has 0 spiro atoms. The number of nitrogens with one attached hydrogen (secondary N) is 1. The van der Waals surface area contributed by atoms with Crippen molar-refractivity contribution in [1.29, 1.82) is 0 Å². The van der Waals surface area contributed by atoms with E-state index in [1.54, 1.807) is 31.3 Å². The lowest BCUT2D eigenvalue weighted by Gasteiger charge is -2.28. The number of halogens is 1. The van der Waals surface area contributed by atoms with Gasteiger partial charge in [-0.2, -0.15) is 0 Å². The summed E-state index contributed by atoms with van der Waals surface area (Å²) < 4.78 is 26.9. The highest BCUT2D eigenvalue weighted by Crippen LogP contribution is 2.28. The monoisotopic (exact) mass is 375 g/mol. The second-order valence-corrected chi connectivity index (χ2v) is 8.07. The van der Waals surface area contributed by atoms with Crippen molar-refractivity contribution in [2.45, 2.75) is 43.0 Å². The molecule has 6 nitrogen and oxygen atoms in total. The quantitative estimate of drug-likeness (QED) is 0.786. The predicted molar refractivity (Wildman–Crippen MR) is 96.6 cm³/mol. The average Bonchev–Trinajstić information content (AvgIpc) is 2.94. The van der Waals surface area contributed by atoms with Gasteiger partial charge in [0.1, 0.15) is 0 Å². The largest absolute Gasteiger partial charge is 0.343 e. The topological polar surface area (TPSA) is 92.5 Å². The first-order valence-corrected chi connectivity index (χ1v) is 9.34. The first-order valence-electron chi connectivity index (χ1n) is 7.85. The molecule has 136 valence electrons. The Kier molecular flexibility index (Phi) is 7.22. The van der Waals surface area contributed by atoms with Gasteiger partial charge in [-0.15, -0.1) is 12.4 Å². The molecule has 0 radical (unpaired) electrons. The van der Waals surface area contributed by atoms with Crippen LogP contribution in [0.4, 0.5) is 0 Å². The van der Waals surface area contributed by atoms with Crippen LogP contribution in [0.3, 0.4) is 0 Å². The van der Waals surface area contributed by atoms with E-state index in [4.69, 9.17) is 5.73 Å². The maximum absolute atomic E-state index is 12.4. The van der Waals surface area contributed by atoms with Gasteiger partial charge in [0.25, 0.3) is 0 Å². The molecule has 1 aromatic rings. The van der Waals surface area contributed by atoms with E-state index < -0.39 is 15.6 Å². The van der Waals surface area contributed by atoms with Crippen LogP contribution in [0.5, 0.6) is 0 Å². The number of likely N-dealkylation sites (N-methyl/N-ethyl adjacent to an activating group) is 1. The van der Waals surface area contributed by atoms with Crippen LogP contribution in [-0.4, -0.2) is 44.9 Å². The van der Waals surface area contributed by atoms with E-state index in [0.717, 1.165) is 18.4 Å². The molecule has 0 atom stereocenters. The molecule has 2 rings (SSSR count). The summed E-state index contributed by atoms with van der Waals surface area (Å²) >= 11 is 0. The normalized spacial score (nSPS) is 16.5. The van der Waals surface area contributed by atoms with Gasteiger partial charge in [0, 0.05) is 20.1 Å². The molecule has 8 heteroatoms. The maximum Gasteiger partial charge on any atom is 0.242 e. The van der Waals surface area contributed by atoms with Crippen LogP contribution in [-0.2, 0) is 14.8 Å². The van der Waals surface area contributed by atoms with E-state index in [1.807, 2.05) is 6.92 Å². The number of hydrogen-bond donors (Lipinski definition) is 2. The van der Waals surface area contributed by atoms with Crippen molar-refractivity contribution in [3.63, 3.8) is 0 Å². The molecule has 0 saturated heterocycles. The summed E-state index contributed by atoms with van der Waals surface area (Å²) in [5.74, 6) is -0.107. The van der Waals surface area contributed by atoms with Crippen molar-refractivity contribution in [3.8, 4) is 0 Å². The summed E-state index contributed by atoms with van der Waals surface area (Å²) in [5.41, 5.74) is 6.36. The molecule has 1 aromatic carbocycles. The number of benzene rings is 1. The van der Waals surface area contributed by atoms with Gasteiger partial charge < -0.3 is 10.6 Å². The molecular weight excluding hydrogens is 350 g/mol. The third kappa shape index (κ3) is 4.92. The molecule has 0 aliphatic heterocycles. The van der Waals surface area contributed by atoms with Crippen molar-refractivity contribution < 1.29 is 13.2 Å². The number of rotatable bonds is 6. The third-order valence-electron chi connectivity index (χ3n) is 4.34. The van der Waals surface area contributed by atoms with Gasteiger partial charge in [0.15, 0.2) is 0 Å². The first kappa shape index (κ1) is 20.9. The molecule has 0 unspecified atom stereocenters. The molecule has 0 heterocycles. The van der Waals surface area contributed by atoms with Crippen LogP contribution in [0.15, 0.2) is 29.2 Å². The number of sulfonamides is 1. The zero-order chi connectivity index (χ0) is 17.1. The fourth-order valence-corrected chi connectivity index (χ4v) is 3.87. The Morgan fingerprint density at radius 2 is 1.79 bits per heavy atom. The van der Waals surface area contributed by atoms with Gasteiger partial charge in [0.2, 0.25) is 15.9 Å². The number of carbonyl (C=O) groups is 1. The summed E-state index contributed by atoms with van der Waals surface area (Å²) in [6.07, 6.45) is 3.34. The number of nitrogens with zero attached hydrogens (tertiary/aromatic N) is 1. The SMILES string of the molecule is Cc1ccc(S(=O)(=O)NCCN(C)C(=O)C2(N)CCCC2)cc1.Cl. The average molecular weight is 376 g/mol. The highest BCUT2D eigenvalue weighted by atomic mass is 35.5. The zero-order valence-electron chi connectivity index (χ0n) is 14.1. The minimum atomic E-state index is -3.55. The Bertz CT molecular complexity index is 656. The van der Waals surface area contributed by atoms with Crippen LogP contribution in [0.1, 0.15) is 31.2 Å². The van der Waals surface area contributed by atoms with Gasteiger partial charge in [-0.3, -0.25) is 4.79 Å². The molecule has 1 saturated carbocycles. The van der Waals surface area contributed by atoms with E-state index in [1.165, 1.54) is 4.90 Å². The van der Waals surface area contributed by atoms with Gasteiger partial charge in [-0.05, 0) is 31.9 Å². The fourth-order valence-electron chi connectivity index (χ4n) is 2.85.